The molecule has 9 heteroatoms. The van der Waals surface area contributed by atoms with Crippen LogP contribution in [0.3, 0.4) is 0 Å². The molecule has 0 amide bonds. The van der Waals surface area contributed by atoms with Gasteiger partial charge in [0.25, 0.3) is 0 Å². The summed E-state index contributed by atoms with van der Waals surface area (Å²) in [6.45, 7) is 0. The van der Waals surface area contributed by atoms with Crippen LogP contribution in [0, 0.1) is 3.57 Å². The first-order valence-electron chi connectivity index (χ1n) is 3.99. The number of hydrogen-bond acceptors (Lipinski definition) is 3. The number of aromatic nitrogens is 1. The third-order valence-electron chi connectivity index (χ3n) is 1.55. The molecule has 0 aromatic carbocycles. The van der Waals surface area contributed by atoms with Crippen molar-refractivity contribution in [3.05, 3.63) is 20.9 Å². The Morgan fingerprint density at radius 1 is 1.59 bits per heavy atom. The van der Waals surface area contributed by atoms with Gasteiger partial charge in [0.05, 0.1) is 11.6 Å². The molecule has 94 valence electrons. The second-order valence-electron chi connectivity index (χ2n) is 2.76. The average Bonchev–Trinajstić information content (AvgIpc) is 2.13. The molecule has 17 heavy (non-hydrogen) atoms. The van der Waals surface area contributed by atoms with E-state index in [9.17, 15) is 18.0 Å². The summed E-state index contributed by atoms with van der Waals surface area (Å²) in [5, 5.41) is 8.78. The van der Waals surface area contributed by atoms with Gasteiger partial charge in [-0.25, -0.2) is 9.78 Å². The lowest BCUT2D eigenvalue weighted by Gasteiger charge is -2.12. The number of carbonyl (C=O) groups is 1. The molecule has 0 bridgehead atoms. The van der Waals surface area contributed by atoms with Crippen molar-refractivity contribution in [3.8, 4) is 5.88 Å². The van der Waals surface area contributed by atoms with E-state index in [0.29, 0.717) is 0 Å². The van der Waals surface area contributed by atoms with Gasteiger partial charge in [-0.05, 0) is 28.7 Å². The molecular formula is C8H4ClF3INO3. The molecular weight excluding hydrogens is 377 g/mol. The number of aromatic carboxylic acids is 1. The monoisotopic (exact) mass is 381 g/mol. The highest BCUT2D eigenvalue weighted by Gasteiger charge is 2.34. The largest absolute Gasteiger partial charge is 0.574 e. The molecule has 0 spiro atoms. The van der Waals surface area contributed by atoms with Gasteiger partial charge >= 0.3 is 12.3 Å². The van der Waals surface area contributed by atoms with Gasteiger partial charge < -0.3 is 9.84 Å². The average molecular weight is 381 g/mol. The highest BCUT2D eigenvalue weighted by molar-refractivity contribution is 14.1. The number of hydrogen-bond donors (Lipinski definition) is 1. The third-order valence-corrected chi connectivity index (χ3v) is 2.68. The van der Waals surface area contributed by atoms with Crippen LogP contribution >= 0.6 is 34.2 Å². The van der Waals surface area contributed by atoms with Crippen LogP contribution in [0.15, 0.2) is 6.07 Å². The van der Waals surface area contributed by atoms with E-state index in [1.54, 1.807) is 22.6 Å². The van der Waals surface area contributed by atoms with Gasteiger partial charge in [-0.15, -0.1) is 24.8 Å². The van der Waals surface area contributed by atoms with Crippen LogP contribution in [-0.2, 0) is 5.88 Å². The van der Waals surface area contributed by atoms with Crippen LogP contribution in [0.5, 0.6) is 5.88 Å². The maximum Gasteiger partial charge on any atom is 0.574 e. The fraction of sp³-hybridized carbons (Fsp3) is 0.250. The highest BCUT2D eigenvalue weighted by atomic mass is 127. The summed E-state index contributed by atoms with van der Waals surface area (Å²) < 4.78 is 39.8. The van der Waals surface area contributed by atoms with Gasteiger partial charge in [0.1, 0.15) is 5.56 Å². The lowest BCUT2D eigenvalue weighted by atomic mass is 10.2. The quantitative estimate of drug-likeness (QED) is 0.646. The Labute approximate surface area is 112 Å². The summed E-state index contributed by atoms with van der Waals surface area (Å²) in [6.07, 6.45) is -5.01. The first-order valence-corrected chi connectivity index (χ1v) is 5.60. The fourth-order valence-electron chi connectivity index (χ4n) is 0.985. The van der Waals surface area contributed by atoms with E-state index in [0.717, 1.165) is 0 Å². The highest BCUT2D eigenvalue weighted by Crippen LogP contribution is 2.28. The summed E-state index contributed by atoms with van der Waals surface area (Å²) in [7, 11) is 0. The Morgan fingerprint density at radius 3 is 2.59 bits per heavy atom. The Hall–Kier alpha value is -0.770. The van der Waals surface area contributed by atoms with E-state index in [4.69, 9.17) is 16.7 Å². The van der Waals surface area contributed by atoms with Crippen molar-refractivity contribution in [2.45, 2.75) is 12.2 Å². The minimum absolute atomic E-state index is 0.0694. The minimum Gasteiger partial charge on any atom is -0.477 e. The Bertz CT molecular complexity index is 452. The van der Waals surface area contributed by atoms with Gasteiger partial charge in [-0.2, -0.15) is 0 Å². The van der Waals surface area contributed by atoms with Crippen molar-refractivity contribution in [3.63, 3.8) is 0 Å². The van der Waals surface area contributed by atoms with Crippen molar-refractivity contribution in [2.24, 2.45) is 0 Å². The zero-order chi connectivity index (χ0) is 13.2. The third kappa shape index (κ3) is 3.87. The normalized spacial score (nSPS) is 11.4. The molecule has 1 heterocycles. The van der Waals surface area contributed by atoms with Gasteiger partial charge in [-0.1, -0.05) is 0 Å². The predicted octanol–water partition coefficient (Wildman–Crippen LogP) is 3.02. The SMILES string of the molecule is O=C(O)c1c(I)cc(CCl)nc1OC(F)(F)F. The van der Waals surface area contributed by atoms with Crippen molar-refractivity contribution in [1.29, 1.82) is 0 Å². The fourth-order valence-corrected chi connectivity index (χ4v) is 1.94. The molecule has 4 nitrogen and oxygen atoms in total. The summed E-state index contributed by atoms with van der Waals surface area (Å²) in [5.74, 6) is -2.71. The number of rotatable bonds is 3. The van der Waals surface area contributed by atoms with Gasteiger partial charge in [0, 0.05) is 3.57 Å². The number of pyridine rings is 1. The van der Waals surface area contributed by atoms with Gasteiger partial charge in [0.15, 0.2) is 0 Å². The Balaban J connectivity index is 3.32. The lowest BCUT2D eigenvalue weighted by molar-refractivity contribution is -0.276. The van der Waals surface area contributed by atoms with Gasteiger partial charge in [0.2, 0.25) is 5.88 Å². The van der Waals surface area contributed by atoms with E-state index >= 15 is 0 Å². The number of carboxylic acids is 1. The molecule has 1 N–H and O–H groups in total. The van der Waals surface area contributed by atoms with Gasteiger partial charge in [-0.3, -0.25) is 0 Å². The van der Waals surface area contributed by atoms with E-state index in [-0.39, 0.29) is 15.1 Å². The van der Waals surface area contributed by atoms with Crippen molar-refractivity contribution >= 4 is 40.2 Å². The van der Waals surface area contributed by atoms with Crippen LogP contribution in [0.25, 0.3) is 0 Å². The van der Waals surface area contributed by atoms with Crippen molar-refractivity contribution < 1.29 is 27.8 Å². The minimum atomic E-state index is -5.01. The molecule has 0 unspecified atom stereocenters. The van der Waals surface area contributed by atoms with E-state index < -0.39 is 23.8 Å². The second-order valence-corrected chi connectivity index (χ2v) is 4.19. The summed E-state index contributed by atoms with van der Waals surface area (Å²) in [6, 6.07) is 1.28. The van der Waals surface area contributed by atoms with Crippen molar-refractivity contribution in [2.75, 3.05) is 0 Å². The van der Waals surface area contributed by atoms with E-state index in [1.165, 1.54) is 6.07 Å². The zero-order valence-electron chi connectivity index (χ0n) is 7.89. The number of carboxylic acid groups (broad SMARTS) is 1. The summed E-state index contributed by atoms with van der Waals surface area (Å²) in [4.78, 5) is 14.2. The summed E-state index contributed by atoms with van der Waals surface area (Å²) in [5.41, 5.74) is -0.544. The van der Waals surface area contributed by atoms with E-state index in [2.05, 4.69) is 9.72 Å². The second kappa shape index (κ2) is 5.25. The molecule has 0 fully saturated rings. The molecule has 1 aromatic rings. The van der Waals surface area contributed by atoms with Crippen LogP contribution in [0.1, 0.15) is 16.1 Å². The van der Waals surface area contributed by atoms with Crippen molar-refractivity contribution in [1.82, 2.24) is 4.98 Å². The number of nitrogens with zero attached hydrogens (tertiary/aromatic N) is 1. The lowest BCUT2D eigenvalue weighted by Crippen LogP contribution is -2.21. The van der Waals surface area contributed by atoms with Crippen LogP contribution in [-0.4, -0.2) is 22.4 Å². The molecule has 1 aromatic heterocycles. The molecule has 0 saturated heterocycles. The first-order chi connectivity index (χ1) is 7.74. The number of alkyl halides is 4. The molecule has 0 atom stereocenters. The predicted molar refractivity (Wildman–Crippen MR) is 60.2 cm³/mol. The molecule has 0 aliphatic carbocycles. The summed E-state index contributed by atoms with van der Waals surface area (Å²) >= 11 is 7.00. The zero-order valence-corrected chi connectivity index (χ0v) is 10.8. The Morgan fingerprint density at radius 2 is 2.18 bits per heavy atom. The number of ether oxygens (including phenoxy) is 1. The van der Waals surface area contributed by atoms with Crippen LogP contribution in [0.4, 0.5) is 13.2 Å². The molecule has 0 radical (unpaired) electrons. The molecule has 0 aliphatic rings. The first kappa shape index (κ1) is 14.3. The molecule has 0 aliphatic heterocycles. The smallest absolute Gasteiger partial charge is 0.477 e. The standard InChI is InChI=1S/C8H4ClF3INO3/c9-2-3-1-4(13)5(7(15)16)6(14-3)17-8(10,11)12/h1H,2H2,(H,15,16). The maximum atomic E-state index is 12.1. The van der Waals surface area contributed by atoms with Crippen LogP contribution in [0.2, 0.25) is 0 Å². The number of halogens is 5. The molecule has 1 rings (SSSR count). The van der Waals surface area contributed by atoms with Crippen LogP contribution < -0.4 is 4.74 Å². The Kier molecular flexibility index (Phi) is 4.42. The molecule has 0 saturated carbocycles. The van der Waals surface area contributed by atoms with E-state index in [1.807, 2.05) is 0 Å². The maximum absolute atomic E-state index is 12.1. The topological polar surface area (TPSA) is 59.4 Å².